The quantitative estimate of drug-likeness (QED) is 0.801. The molecule has 0 unspecified atom stereocenters. The molecule has 0 spiro atoms. The lowest BCUT2D eigenvalue weighted by Crippen LogP contribution is -2.09. The van der Waals surface area contributed by atoms with Crippen molar-refractivity contribution in [1.82, 2.24) is 0 Å². The average Bonchev–Trinajstić information content (AvgIpc) is 2.51. The first-order valence-corrected chi connectivity index (χ1v) is 7.35. The number of ether oxygens (including phenoxy) is 1. The third-order valence-corrected chi connectivity index (χ3v) is 3.97. The van der Waals surface area contributed by atoms with Crippen LogP contribution in [0.15, 0.2) is 42.5 Å². The second-order valence-corrected chi connectivity index (χ2v) is 5.38. The van der Waals surface area contributed by atoms with E-state index in [1.165, 1.54) is 6.08 Å². The van der Waals surface area contributed by atoms with Crippen LogP contribution in [0.1, 0.15) is 11.1 Å². The first-order chi connectivity index (χ1) is 10.5. The summed E-state index contributed by atoms with van der Waals surface area (Å²) in [5, 5.41) is 3.86. The highest BCUT2D eigenvalue weighted by molar-refractivity contribution is 6.33. The molecule has 2 aromatic carbocycles. The largest absolute Gasteiger partial charge is 0.495 e. The van der Waals surface area contributed by atoms with Gasteiger partial charge in [0.05, 0.1) is 12.1 Å². The number of carbonyl (C=O) groups excluding carboxylic acids is 1. The van der Waals surface area contributed by atoms with Crippen LogP contribution in [0.25, 0.3) is 6.08 Å². The lowest BCUT2D eigenvalue weighted by molar-refractivity contribution is -0.111. The first kappa shape index (κ1) is 16.4. The molecule has 2 rings (SSSR count). The second kappa shape index (κ2) is 7.34. The molecule has 0 heterocycles. The molecule has 0 saturated heterocycles. The van der Waals surface area contributed by atoms with Crippen LogP contribution in [0.2, 0.25) is 10.0 Å². The highest BCUT2D eigenvalue weighted by Gasteiger charge is 2.06. The smallest absolute Gasteiger partial charge is 0.248 e. The van der Waals surface area contributed by atoms with E-state index in [0.717, 1.165) is 5.56 Å². The standard InChI is InChI=1S/C17H15Cl2NO2/c1-11-13(18)6-4-7-14(11)20-16(21)10-9-12-5-3-8-15(22-2)17(12)19/h3-10H,1-2H3,(H,20,21)/b10-9+. The van der Waals surface area contributed by atoms with Gasteiger partial charge in [-0.1, -0.05) is 41.4 Å². The third kappa shape index (κ3) is 3.81. The number of halogens is 2. The van der Waals surface area contributed by atoms with Crippen LogP contribution in [-0.2, 0) is 4.79 Å². The molecule has 114 valence electrons. The van der Waals surface area contributed by atoms with E-state index in [-0.39, 0.29) is 5.91 Å². The molecule has 0 aliphatic carbocycles. The zero-order valence-electron chi connectivity index (χ0n) is 12.2. The summed E-state index contributed by atoms with van der Waals surface area (Å²) in [6, 6.07) is 10.7. The van der Waals surface area contributed by atoms with E-state index in [4.69, 9.17) is 27.9 Å². The summed E-state index contributed by atoms with van der Waals surface area (Å²) in [4.78, 5) is 12.0. The van der Waals surface area contributed by atoms with Gasteiger partial charge in [0.1, 0.15) is 5.75 Å². The summed E-state index contributed by atoms with van der Waals surface area (Å²) < 4.78 is 5.14. The lowest BCUT2D eigenvalue weighted by Gasteiger charge is -2.08. The number of rotatable bonds is 4. The van der Waals surface area contributed by atoms with Gasteiger partial charge >= 0.3 is 0 Å². The van der Waals surface area contributed by atoms with Gasteiger partial charge in [0.15, 0.2) is 0 Å². The number of nitrogens with one attached hydrogen (secondary N) is 1. The maximum atomic E-state index is 12.0. The van der Waals surface area contributed by atoms with Crippen LogP contribution in [0.5, 0.6) is 5.75 Å². The topological polar surface area (TPSA) is 38.3 Å². The molecular weight excluding hydrogens is 321 g/mol. The van der Waals surface area contributed by atoms with Gasteiger partial charge in [0.25, 0.3) is 0 Å². The molecule has 0 atom stereocenters. The lowest BCUT2D eigenvalue weighted by atomic mass is 10.2. The molecule has 3 nitrogen and oxygen atoms in total. The Labute approximate surface area is 139 Å². The predicted molar refractivity (Wildman–Crippen MR) is 91.9 cm³/mol. The maximum absolute atomic E-state index is 12.0. The fourth-order valence-corrected chi connectivity index (χ4v) is 2.34. The minimum Gasteiger partial charge on any atom is -0.495 e. The summed E-state index contributed by atoms with van der Waals surface area (Å²) in [5.41, 5.74) is 2.21. The molecule has 0 aromatic heterocycles. The molecule has 0 aliphatic rings. The van der Waals surface area contributed by atoms with Crippen molar-refractivity contribution in [3.8, 4) is 5.75 Å². The van der Waals surface area contributed by atoms with Gasteiger partial charge in [0, 0.05) is 16.8 Å². The minimum absolute atomic E-state index is 0.260. The average molecular weight is 336 g/mol. The molecule has 1 N–H and O–H groups in total. The van der Waals surface area contributed by atoms with Gasteiger partial charge in [-0.3, -0.25) is 4.79 Å². The molecule has 0 saturated carbocycles. The Balaban J connectivity index is 2.14. The number of amides is 1. The van der Waals surface area contributed by atoms with Crippen molar-refractivity contribution in [1.29, 1.82) is 0 Å². The van der Waals surface area contributed by atoms with Crippen LogP contribution in [0.4, 0.5) is 5.69 Å². The van der Waals surface area contributed by atoms with Gasteiger partial charge in [-0.05, 0) is 42.3 Å². The Morgan fingerprint density at radius 1 is 1.18 bits per heavy atom. The van der Waals surface area contributed by atoms with E-state index in [2.05, 4.69) is 5.32 Å². The summed E-state index contributed by atoms with van der Waals surface area (Å²) in [6.07, 6.45) is 3.06. The second-order valence-electron chi connectivity index (χ2n) is 4.60. The van der Waals surface area contributed by atoms with Crippen molar-refractivity contribution >= 4 is 40.9 Å². The van der Waals surface area contributed by atoms with Crippen molar-refractivity contribution < 1.29 is 9.53 Å². The molecule has 0 bridgehead atoms. The SMILES string of the molecule is COc1cccc(/C=C/C(=O)Nc2cccc(Cl)c2C)c1Cl. The predicted octanol–water partition coefficient (Wildman–Crippen LogP) is 4.96. The van der Waals surface area contributed by atoms with E-state index >= 15 is 0 Å². The van der Waals surface area contributed by atoms with Crippen LogP contribution in [-0.4, -0.2) is 13.0 Å². The summed E-state index contributed by atoms with van der Waals surface area (Å²) in [5.74, 6) is 0.305. The van der Waals surface area contributed by atoms with Gasteiger partial charge in [-0.15, -0.1) is 0 Å². The Kier molecular flexibility index (Phi) is 5.47. The van der Waals surface area contributed by atoms with E-state index in [9.17, 15) is 4.79 Å². The summed E-state index contributed by atoms with van der Waals surface area (Å²) in [7, 11) is 1.54. The molecule has 5 heteroatoms. The first-order valence-electron chi connectivity index (χ1n) is 6.59. The van der Waals surface area contributed by atoms with Crippen molar-refractivity contribution in [3.63, 3.8) is 0 Å². The molecule has 0 aliphatic heterocycles. The Hall–Kier alpha value is -1.97. The zero-order chi connectivity index (χ0) is 16.1. The highest BCUT2D eigenvalue weighted by atomic mass is 35.5. The van der Waals surface area contributed by atoms with Crippen molar-refractivity contribution in [3.05, 3.63) is 63.6 Å². The molecule has 2 aromatic rings. The molecule has 0 radical (unpaired) electrons. The van der Waals surface area contributed by atoms with Gasteiger partial charge in [-0.2, -0.15) is 0 Å². The van der Waals surface area contributed by atoms with Gasteiger partial charge in [-0.25, -0.2) is 0 Å². The summed E-state index contributed by atoms with van der Waals surface area (Å²) >= 11 is 12.2. The zero-order valence-corrected chi connectivity index (χ0v) is 13.7. The summed E-state index contributed by atoms with van der Waals surface area (Å²) in [6.45, 7) is 1.85. The van der Waals surface area contributed by atoms with Crippen LogP contribution in [0.3, 0.4) is 0 Å². The van der Waals surface area contributed by atoms with E-state index < -0.39 is 0 Å². The van der Waals surface area contributed by atoms with Crippen molar-refractivity contribution in [2.75, 3.05) is 12.4 Å². The number of methoxy groups -OCH3 is 1. The number of hydrogen-bond acceptors (Lipinski definition) is 2. The molecule has 0 fully saturated rings. The van der Waals surface area contributed by atoms with E-state index in [1.807, 2.05) is 13.0 Å². The minimum atomic E-state index is -0.260. The number of hydrogen-bond donors (Lipinski definition) is 1. The molecule has 22 heavy (non-hydrogen) atoms. The number of carbonyl (C=O) groups is 1. The van der Waals surface area contributed by atoms with E-state index in [1.54, 1.807) is 43.5 Å². The molecule has 1 amide bonds. The van der Waals surface area contributed by atoms with E-state index in [0.29, 0.717) is 27.0 Å². The van der Waals surface area contributed by atoms with Gasteiger partial charge in [0.2, 0.25) is 5.91 Å². The van der Waals surface area contributed by atoms with Gasteiger partial charge < -0.3 is 10.1 Å². The Morgan fingerprint density at radius 3 is 2.64 bits per heavy atom. The van der Waals surface area contributed by atoms with Crippen LogP contribution < -0.4 is 10.1 Å². The Bertz CT molecular complexity index is 727. The number of benzene rings is 2. The van der Waals surface area contributed by atoms with Crippen LogP contribution >= 0.6 is 23.2 Å². The monoisotopic (exact) mass is 335 g/mol. The highest BCUT2D eigenvalue weighted by Crippen LogP contribution is 2.28. The van der Waals surface area contributed by atoms with Crippen LogP contribution in [0, 0.1) is 6.92 Å². The molecular formula is C17H15Cl2NO2. The third-order valence-electron chi connectivity index (χ3n) is 3.15. The fourth-order valence-electron chi connectivity index (χ4n) is 1.90. The number of anilines is 1. The normalized spacial score (nSPS) is 10.7. The maximum Gasteiger partial charge on any atom is 0.248 e. The Morgan fingerprint density at radius 2 is 1.91 bits per heavy atom. The fraction of sp³-hybridized carbons (Fsp3) is 0.118. The van der Waals surface area contributed by atoms with Crippen molar-refractivity contribution in [2.24, 2.45) is 0 Å². The van der Waals surface area contributed by atoms with Crippen molar-refractivity contribution in [2.45, 2.75) is 6.92 Å².